The number of hydrogen-bond donors (Lipinski definition) is 0. The van der Waals surface area contributed by atoms with Crippen LogP contribution in [0.15, 0.2) is 73.1 Å². The number of thiophene rings is 1. The number of aromatic nitrogens is 2. The van der Waals surface area contributed by atoms with Crippen LogP contribution in [-0.4, -0.2) is 9.97 Å². The van der Waals surface area contributed by atoms with Gasteiger partial charge in [-0.15, -0.1) is 11.3 Å². The molecule has 0 spiro atoms. The third kappa shape index (κ3) is 1.87. The molecule has 0 radical (unpaired) electrons. The fraction of sp³-hybridized carbons (Fsp3) is 0. The van der Waals surface area contributed by atoms with Crippen LogP contribution in [0.5, 0.6) is 0 Å². The second-order valence-electron chi connectivity index (χ2n) is 5.53. The lowest BCUT2D eigenvalue weighted by molar-refractivity contribution is 1.24. The molecule has 0 fully saturated rings. The third-order valence-electron chi connectivity index (χ3n) is 4.21. The van der Waals surface area contributed by atoms with Crippen LogP contribution >= 0.6 is 11.3 Å². The second kappa shape index (κ2) is 4.86. The third-order valence-corrected chi connectivity index (χ3v) is 5.27. The summed E-state index contributed by atoms with van der Waals surface area (Å²) in [5.74, 6) is 0. The Labute approximate surface area is 137 Å². The minimum atomic E-state index is 1.01. The molecule has 0 bridgehead atoms. The zero-order valence-corrected chi connectivity index (χ0v) is 13.0. The van der Waals surface area contributed by atoms with Gasteiger partial charge in [0.1, 0.15) is 11.2 Å². The minimum Gasteiger partial charge on any atom is -0.236 e. The smallest absolute Gasteiger partial charge is 0.128 e. The van der Waals surface area contributed by atoms with Crippen LogP contribution in [0.25, 0.3) is 42.3 Å². The normalized spacial score (nSPS) is 11.5. The topological polar surface area (TPSA) is 25.8 Å². The summed E-state index contributed by atoms with van der Waals surface area (Å²) >= 11 is 1.73. The molecule has 0 aliphatic carbocycles. The second-order valence-corrected chi connectivity index (χ2v) is 6.56. The fourth-order valence-electron chi connectivity index (χ4n) is 3.19. The van der Waals surface area contributed by atoms with E-state index < -0.39 is 0 Å². The van der Waals surface area contributed by atoms with Gasteiger partial charge >= 0.3 is 0 Å². The van der Waals surface area contributed by atoms with E-state index in [2.05, 4.69) is 70.6 Å². The van der Waals surface area contributed by atoms with Gasteiger partial charge in [-0.2, -0.15) is 0 Å². The Hall–Kier alpha value is -2.78. The summed E-state index contributed by atoms with van der Waals surface area (Å²) in [6.07, 6.45) is 1.67. The molecule has 3 aromatic carbocycles. The lowest BCUT2D eigenvalue weighted by atomic mass is 10.0. The number of nitrogens with zero attached hydrogens (tertiary/aromatic N) is 2. The number of hydrogen-bond acceptors (Lipinski definition) is 3. The van der Waals surface area contributed by atoms with Gasteiger partial charge in [0.15, 0.2) is 0 Å². The lowest BCUT2D eigenvalue weighted by Crippen LogP contribution is -1.86. The monoisotopic (exact) mass is 312 g/mol. The van der Waals surface area contributed by atoms with Crippen molar-refractivity contribution in [2.45, 2.75) is 0 Å². The molecule has 108 valence electrons. The summed E-state index contributed by atoms with van der Waals surface area (Å²) < 4.78 is 1.26. The highest BCUT2D eigenvalue weighted by atomic mass is 32.1. The van der Waals surface area contributed by atoms with E-state index in [1.54, 1.807) is 17.7 Å². The molecule has 0 saturated heterocycles. The van der Waals surface area contributed by atoms with Crippen molar-refractivity contribution in [2.75, 3.05) is 0 Å². The number of benzene rings is 3. The maximum atomic E-state index is 4.60. The van der Waals surface area contributed by atoms with Crippen LogP contribution in [0.1, 0.15) is 0 Å². The van der Waals surface area contributed by atoms with Gasteiger partial charge in [-0.05, 0) is 16.8 Å². The molecular weight excluding hydrogens is 300 g/mol. The van der Waals surface area contributed by atoms with Crippen LogP contribution in [0.2, 0.25) is 0 Å². The molecule has 2 heterocycles. The van der Waals surface area contributed by atoms with Crippen molar-refractivity contribution >= 4 is 42.4 Å². The molecule has 0 aliphatic heterocycles. The van der Waals surface area contributed by atoms with E-state index in [0.29, 0.717) is 0 Å². The quantitative estimate of drug-likeness (QED) is 0.399. The maximum Gasteiger partial charge on any atom is 0.128 e. The standard InChI is InChI=1S/C20H12N2S/c1-2-7-14(8-3-1)19-18-17-15-9-5-4-6-13(15)10-11-16(17)23-20(18)22-12-21-19/h1-12H. The molecule has 2 aromatic heterocycles. The van der Waals surface area contributed by atoms with E-state index in [4.69, 9.17) is 0 Å². The molecule has 0 unspecified atom stereocenters. The van der Waals surface area contributed by atoms with Crippen LogP contribution in [0.4, 0.5) is 0 Å². The van der Waals surface area contributed by atoms with E-state index in [1.807, 2.05) is 6.07 Å². The molecule has 0 aliphatic rings. The first-order valence-corrected chi connectivity index (χ1v) is 8.34. The van der Waals surface area contributed by atoms with Crippen LogP contribution < -0.4 is 0 Å². The van der Waals surface area contributed by atoms with Gasteiger partial charge in [-0.3, -0.25) is 0 Å². The van der Waals surface area contributed by atoms with Crippen molar-refractivity contribution in [2.24, 2.45) is 0 Å². The summed E-state index contributed by atoms with van der Waals surface area (Å²) in [5, 5.41) is 4.95. The molecule has 0 amide bonds. The molecule has 2 nitrogen and oxygen atoms in total. The molecule has 23 heavy (non-hydrogen) atoms. The van der Waals surface area contributed by atoms with Gasteiger partial charge in [0, 0.05) is 21.0 Å². The van der Waals surface area contributed by atoms with Crippen LogP contribution in [0.3, 0.4) is 0 Å². The van der Waals surface area contributed by atoms with Gasteiger partial charge < -0.3 is 0 Å². The average molecular weight is 312 g/mol. The highest BCUT2D eigenvalue weighted by Gasteiger charge is 2.15. The molecule has 5 aromatic rings. The Morgan fingerprint density at radius 3 is 2.43 bits per heavy atom. The minimum absolute atomic E-state index is 1.01. The predicted molar refractivity (Wildman–Crippen MR) is 97.9 cm³/mol. The number of fused-ring (bicyclic) bond motifs is 5. The first-order chi connectivity index (χ1) is 11.4. The summed E-state index contributed by atoms with van der Waals surface area (Å²) in [4.78, 5) is 10.2. The van der Waals surface area contributed by atoms with Gasteiger partial charge in [0.05, 0.1) is 5.69 Å². The molecule has 0 atom stereocenters. The number of rotatable bonds is 1. The Morgan fingerprint density at radius 2 is 1.52 bits per heavy atom. The van der Waals surface area contributed by atoms with Crippen molar-refractivity contribution in [3.8, 4) is 11.3 Å². The highest BCUT2D eigenvalue weighted by molar-refractivity contribution is 7.25. The Kier molecular flexibility index (Phi) is 2.69. The first kappa shape index (κ1) is 12.7. The lowest BCUT2D eigenvalue weighted by Gasteiger charge is -2.04. The summed E-state index contributed by atoms with van der Waals surface area (Å²) in [6, 6.07) is 23.2. The SMILES string of the molecule is c1ccc(-c2ncnc3sc4ccc5ccccc5c4c23)cc1. The van der Waals surface area contributed by atoms with E-state index in [9.17, 15) is 0 Å². The van der Waals surface area contributed by atoms with Crippen LogP contribution in [-0.2, 0) is 0 Å². The van der Waals surface area contributed by atoms with Gasteiger partial charge in [-0.25, -0.2) is 9.97 Å². The average Bonchev–Trinajstić information content (AvgIpc) is 3.01. The van der Waals surface area contributed by atoms with E-state index in [0.717, 1.165) is 21.5 Å². The zero-order chi connectivity index (χ0) is 15.2. The summed E-state index contributed by atoms with van der Waals surface area (Å²) in [6.45, 7) is 0. The molecule has 5 rings (SSSR count). The maximum absolute atomic E-state index is 4.60. The van der Waals surface area contributed by atoms with Gasteiger partial charge in [0.2, 0.25) is 0 Å². The zero-order valence-electron chi connectivity index (χ0n) is 12.2. The molecule has 0 saturated carbocycles. The first-order valence-electron chi connectivity index (χ1n) is 7.52. The molecular formula is C20H12N2S. The van der Waals surface area contributed by atoms with Crippen LogP contribution in [0, 0.1) is 0 Å². The Morgan fingerprint density at radius 1 is 0.696 bits per heavy atom. The summed E-state index contributed by atoms with van der Waals surface area (Å²) in [7, 11) is 0. The van der Waals surface area contributed by atoms with Crippen molar-refractivity contribution in [1.82, 2.24) is 9.97 Å². The van der Waals surface area contributed by atoms with Crippen molar-refractivity contribution in [3.05, 3.63) is 73.1 Å². The summed E-state index contributed by atoms with van der Waals surface area (Å²) in [5.41, 5.74) is 2.14. The van der Waals surface area contributed by atoms with Gasteiger partial charge in [0.25, 0.3) is 0 Å². The van der Waals surface area contributed by atoms with Crippen molar-refractivity contribution in [3.63, 3.8) is 0 Å². The van der Waals surface area contributed by atoms with E-state index >= 15 is 0 Å². The Bertz CT molecular complexity index is 1160. The van der Waals surface area contributed by atoms with Crippen molar-refractivity contribution < 1.29 is 0 Å². The van der Waals surface area contributed by atoms with Crippen molar-refractivity contribution in [1.29, 1.82) is 0 Å². The highest BCUT2D eigenvalue weighted by Crippen LogP contribution is 2.41. The van der Waals surface area contributed by atoms with Gasteiger partial charge in [-0.1, -0.05) is 60.7 Å². The fourth-order valence-corrected chi connectivity index (χ4v) is 4.24. The van der Waals surface area contributed by atoms with E-state index in [-0.39, 0.29) is 0 Å². The predicted octanol–water partition coefficient (Wildman–Crippen LogP) is 5.66. The van der Waals surface area contributed by atoms with E-state index in [1.165, 1.54) is 20.9 Å². The molecule has 3 heteroatoms. The Balaban J connectivity index is 2.03. The largest absolute Gasteiger partial charge is 0.236 e. The molecule has 0 N–H and O–H groups in total.